The Morgan fingerprint density at radius 1 is 1.62 bits per heavy atom. The molecule has 1 aromatic heterocycles. The molecule has 1 aliphatic rings. The molecule has 0 amide bonds. The second-order valence-corrected chi connectivity index (χ2v) is 3.72. The molecule has 0 aliphatic carbocycles. The quantitative estimate of drug-likeness (QED) is 0.661. The number of rotatable bonds is 3. The van der Waals surface area contributed by atoms with Crippen LogP contribution in [-0.2, 0) is 4.74 Å². The molecule has 1 aliphatic heterocycles. The number of epoxide rings is 1. The monoisotopic (exact) mass is 179 g/mol. The molecule has 0 bridgehead atoms. The van der Waals surface area contributed by atoms with Gasteiger partial charge in [0, 0.05) is 6.20 Å². The molecule has 0 spiro atoms. The minimum atomic E-state index is -0.247. The van der Waals surface area contributed by atoms with Crippen LogP contribution in [0.4, 0.5) is 0 Å². The molecule has 1 aromatic rings. The van der Waals surface area contributed by atoms with Gasteiger partial charge in [-0.05, 0) is 26.0 Å². The summed E-state index contributed by atoms with van der Waals surface area (Å²) in [5.41, 5.74) is -0.247. The van der Waals surface area contributed by atoms with Crippen LogP contribution in [0.25, 0.3) is 0 Å². The van der Waals surface area contributed by atoms with E-state index >= 15 is 0 Å². The third-order valence-electron chi connectivity index (χ3n) is 2.12. The number of hydrogen-bond acceptors (Lipinski definition) is 3. The van der Waals surface area contributed by atoms with Gasteiger partial charge in [0.15, 0.2) is 0 Å². The van der Waals surface area contributed by atoms with E-state index in [2.05, 4.69) is 4.98 Å². The van der Waals surface area contributed by atoms with Gasteiger partial charge in [-0.2, -0.15) is 0 Å². The molecule has 0 radical (unpaired) electrons. The van der Waals surface area contributed by atoms with E-state index in [9.17, 15) is 0 Å². The van der Waals surface area contributed by atoms with Crippen LogP contribution >= 0.6 is 0 Å². The van der Waals surface area contributed by atoms with Gasteiger partial charge in [-0.25, -0.2) is 0 Å². The molecule has 0 saturated carbocycles. The Morgan fingerprint density at radius 3 is 2.92 bits per heavy atom. The number of hydrogen-bond donors (Lipinski definition) is 0. The first-order valence-corrected chi connectivity index (χ1v) is 4.39. The van der Waals surface area contributed by atoms with Gasteiger partial charge >= 0.3 is 0 Å². The Morgan fingerprint density at radius 2 is 2.38 bits per heavy atom. The first-order chi connectivity index (χ1) is 6.18. The second-order valence-electron chi connectivity index (χ2n) is 3.72. The molecular formula is C10H13NO2. The third kappa shape index (κ3) is 1.98. The summed E-state index contributed by atoms with van der Waals surface area (Å²) in [5.74, 6) is 0.794. The maximum absolute atomic E-state index is 5.74. The maximum Gasteiger partial charge on any atom is 0.138 e. The van der Waals surface area contributed by atoms with E-state index in [1.807, 2.05) is 26.0 Å². The van der Waals surface area contributed by atoms with Crippen LogP contribution in [0, 0.1) is 0 Å². The molecule has 13 heavy (non-hydrogen) atoms. The van der Waals surface area contributed by atoms with Crippen LogP contribution in [0.15, 0.2) is 24.5 Å². The fourth-order valence-corrected chi connectivity index (χ4v) is 1.23. The zero-order chi connectivity index (χ0) is 9.31. The summed E-state index contributed by atoms with van der Waals surface area (Å²) >= 11 is 0. The zero-order valence-electron chi connectivity index (χ0n) is 7.86. The Kier molecular flexibility index (Phi) is 1.96. The van der Waals surface area contributed by atoms with E-state index in [1.165, 1.54) is 0 Å². The Labute approximate surface area is 77.7 Å². The molecular weight excluding hydrogens is 166 g/mol. The predicted molar refractivity (Wildman–Crippen MR) is 48.7 cm³/mol. The standard InChI is InChI=1S/C10H13NO2/c1-10(2,9-7-12-9)13-8-4-3-5-11-6-8/h3-6,9H,7H2,1-2H3. The first-order valence-electron chi connectivity index (χ1n) is 4.39. The predicted octanol–water partition coefficient (Wildman–Crippen LogP) is 1.64. The summed E-state index contributed by atoms with van der Waals surface area (Å²) in [5, 5.41) is 0. The fourth-order valence-electron chi connectivity index (χ4n) is 1.23. The SMILES string of the molecule is CC(C)(Oc1cccnc1)C1CO1. The molecule has 2 heterocycles. The summed E-state index contributed by atoms with van der Waals surface area (Å²) in [6.45, 7) is 4.85. The average Bonchev–Trinajstić information content (AvgIpc) is 2.87. The molecule has 2 rings (SSSR count). The maximum atomic E-state index is 5.74. The molecule has 70 valence electrons. The van der Waals surface area contributed by atoms with Crippen molar-refractivity contribution < 1.29 is 9.47 Å². The smallest absolute Gasteiger partial charge is 0.138 e. The molecule has 1 saturated heterocycles. The Balaban J connectivity index is 2.04. The number of ether oxygens (including phenoxy) is 2. The lowest BCUT2D eigenvalue weighted by molar-refractivity contribution is 0.0740. The van der Waals surface area contributed by atoms with Crippen molar-refractivity contribution in [1.82, 2.24) is 4.98 Å². The van der Waals surface area contributed by atoms with Gasteiger partial charge < -0.3 is 9.47 Å². The van der Waals surface area contributed by atoms with Crippen molar-refractivity contribution in [2.45, 2.75) is 25.6 Å². The summed E-state index contributed by atoms with van der Waals surface area (Å²) in [7, 11) is 0. The van der Waals surface area contributed by atoms with E-state index in [0.717, 1.165) is 12.4 Å². The molecule has 0 aromatic carbocycles. The van der Waals surface area contributed by atoms with Crippen molar-refractivity contribution in [2.24, 2.45) is 0 Å². The van der Waals surface area contributed by atoms with Gasteiger partial charge in [0.2, 0.25) is 0 Å². The van der Waals surface area contributed by atoms with E-state index in [1.54, 1.807) is 12.4 Å². The molecule has 1 atom stereocenters. The molecule has 1 unspecified atom stereocenters. The van der Waals surface area contributed by atoms with Crippen molar-refractivity contribution in [2.75, 3.05) is 6.61 Å². The highest BCUT2D eigenvalue weighted by Gasteiger charge is 2.41. The van der Waals surface area contributed by atoms with Crippen LogP contribution in [0.3, 0.4) is 0 Å². The van der Waals surface area contributed by atoms with Gasteiger partial charge in [-0.15, -0.1) is 0 Å². The van der Waals surface area contributed by atoms with Gasteiger partial charge in [0.1, 0.15) is 17.5 Å². The van der Waals surface area contributed by atoms with Crippen LogP contribution < -0.4 is 4.74 Å². The van der Waals surface area contributed by atoms with Crippen molar-refractivity contribution >= 4 is 0 Å². The normalized spacial score (nSPS) is 21.2. The van der Waals surface area contributed by atoms with Gasteiger partial charge in [-0.1, -0.05) is 0 Å². The Hall–Kier alpha value is -1.09. The van der Waals surface area contributed by atoms with Crippen molar-refractivity contribution in [3.8, 4) is 5.75 Å². The molecule has 3 heteroatoms. The summed E-state index contributed by atoms with van der Waals surface area (Å²) in [6, 6.07) is 3.76. The van der Waals surface area contributed by atoms with E-state index in [4.69, 9.17) is 9.47 Å². The lowest BCUT2D eigenvalue weighted by Gasteiger charge is -2.23. The van der Waals surface area contributed by atoms with E-state index in [0.29, 0.717) is 0 Å². The summed E-state index contributed by atoms with van der Waals surface area (Å²) in [6.07, 6.45) is 3.67. The highest BCUT2D eigenvalue weighted by Crippen LogP contribution is 2.28. The number of pyridine rings is 1. The largest absolute Gasteiger partial charge is 0.483 e. The lowest BCUT2D eigenvalue weighted by Crippen LogP contribution is -2.34. The van der Waals surface area contributed by atoms with Crippen LogP contribution in [0.2, 0.25) is 0 Å². The van der Waals surface area contributed by atoms with Crippen molar-refractivity contribution in [1.29, 1.82) is 0 Å². The topological polar surface area (TPSA) is 34.6 Å². The van der Waals surface area contributed by atoms with Crippen molar-refractivity contribution in [3.63, 3.8) is 0 Å². The highest BCUT2D eigenvalue weighted by atomic mass is 16.6. The van der Waals surface area contributed by atoms with Crippen molar-refractivity contribution in [3.05, 3.63) is 24.5 Å². The first kappa shape index (κ1) is 8.51. The minimum absolute atomic E-state index is 0.229. The average molecular weight is 179 g/mol. The number of nitrogens with zero attached hydrogens (tertiary/aromatic N) is 1. The third-order valence-corrected chi connectivity index (χ3v) is 2.12. The van der Waals surface area contributed by atoms with Crippen LogP contribution in [0.1, 0.15) is 13.8 Å². The Bertz CT molecular complexity index is 280. The fraction of sp³-hybridized carbons (Fsp3) is 0.500. The van der Waals surface area contributed by atoms with Gasteiger partial charge in [-0.3, -0.25) is 4.98 Å². The summed E-state index contributed by atoms with van der Waals surface area (Å²) < 4.78 is 10.9. The molecule has 3 nitrogen and oxygen atoms in total. The summed E-state index contributed by atoms with van der Waals surface area (Å²) in [4.78, 5) is 3.98. The lowest BCUT2D eigenvalue weighted by atomic mass is 10.1. The highest BCUT2D eigenvalue weighted by molar-refractivity contribution is 5.17. The van der Waals surface area contributed by atoms with Gasteiger partial charge in [0.05, 0.1) is 12.8 Å². The minimum Gasteiger partial charge on any atom is -0.483 e. The zero-order valence-corrected chi connectivity index (χ0v) is 7.86. The van der Waals surface area contributed by atoms with Crippen LogP contribution in [0.5, 0.6) is 5.75 Å². The second kappa shape index (κ2) is 3.00. The van der Waals surface area contributed by atoms with Gasteiger partial charge in [0.25, 0.3) is 0 Å². The van der Waals surface area contributed by atoms with Crippen LogP contribution in [-0.4, -0.2) is 23.3 Å². The van der Waals surface area contributed by atoms with E-state index in [-0.39, 0.29) is 11.7 Å². The van der Waals surface area contributed by atoms with E-state index < -0.39 is 0 Å². The molecule has 0 N–H and O–H groups in total. The molecule has 1 fully saturated rings. The number of aromatic nitrogens is 1.